The van der Waals surface area contributed by atoms with Crippen molar-refractivity contribution in [3.63, 3.8) is 0 Å². The Hall–Kier alpha value is -2.41. The van der Waals surface area contributed by atoms with E-state index >= 15 is 0 Å². The maximum Gasteiger partial charge on any atom is 0.223 e. The molecule has 1 saturated heterocycles. The zero-order chi connectivity index (χ0) is 17.9. The summed E-state index contributed by atoms with van der Waals surface area (Å²) in [5.74, 6) is 2.02. The number of anilines is 1. The normalized spacial score (nSPS) is 19.9. The van der Waals surface area contributed by atoms with Crippen LogP contribution in [-0.2, 0) is 28.9 Å². The van der Waals surface area contributed by atoms with Crippen LogP contribution in [0.25, 0.3) is 0 Å². The highest BCUT2D eigenvalue weighted by molar-refractivity contribution is 5.79. The number of aromatic amines is 1. The first-order valence-corrected chi connectivity index (χ1v) is 9.29. The zero-order valence-corrected chi connectivity index (χ0v) is 15.1. The molecule has 1 atom stereocenters. The molecule has 1 aliphatic heterocycles. The van der Waals surface area contributed by atoms with Crippen LogP contribution in [0.2, 0.25) is 0 Å². The van der Waals surface area contributed by atoms with Gasteiger partial charge in [0.25, 0.3) is 0 Å². The van der Waals surface area contributed by atoms with Gasteiger partial charge in [-0.25, -0.2) is 9.97 Å². The lowest BCUT2D eigenvalue weighted by Gasteiger charge is -2.28. The molecule has 2 aliphatic rings. The highest BCUT2D eigenvalue weighted by Crippen LogP contribution is 2.24. The van der Waals surface area contributed by atoms with E-state index in [-0.39, 0.29) is 11.8 Å². The van der Waals surface area contributed by atoms with Crippen LogP contribution >= 0.6 is 0 Å². The van der Waals surface area contributed by atoms with Crippen LogP contribution in [0.3, 0.4) is 0 Å². The number of fused-ring (bicyclic) bond motifs is 1. The molecule has 1 aliphatic carbocycles. The fourth-order valence-electron chi connectivity index (χ4n) is 3.72. The number of aromatic nitrogens is 3. The summed E-state index contributed by atoms with van der Waals surface area (Å²) in [6.45, 7) is 5.68. The van der Waals surface area contributed by atoms with Crippen LogP contribution in [0.1, 0.15) is 29.2 Å². The van der Waals surface area contributed by atoms with Crippen LogP contribution < -0.4 is 10.2 Å². The Morgan fingerprint density at radius 1 is 1.42 bits per heavy atom. The summed E-state index contributed by atoms with van der Waals surface area (Å²) in [6, 6.07) is 4.02. The lowest BCUT2D eigenvalue weighted by Crippen LogP contribution is -2.37. The van der Waals surface area contributed by atoms with Crippen molar-refractivity contribution in [3.8, 4) is 0 Å². The van der Waals surface area contributed by atoms with Crippen LogP contribution in [0.15, 0.2) is 18.3 Å². The van der Waals surface area contributed by atoms with Crippen molar-refractivity contribution in [3.05, 3.63) is 41.1 Å². The minimum atomic E-state index is 0.0166. The molecule has 0 radical (unpaired) electrons. The number of imidazole rings is 1. The van der Waals surface area contributed by atoms with Crippen LogP contribution in [0, 0.1) is 12.8 Å². The summed E-state index contributed by atoms with van der Waals surface area (Å²) in [7, 11) is 0. The number of rotatable bonds is 4. The number of H-pyrrole nitrogens is 1. The predicted molar refractivity (Wildman–Crippen MR) is 98.0 cm³/mol. The van der Waals surface area contributed by atoms with E-state index < -0.39 is 0 Å². The third kappa shape index (κ3) is 3.72. The van der Waals surface area contributed by atoms with Crippen LogP contribution in [-0.4, -0.2) is 47.2 Å². The molecule has 2 aromatic rings. The Morgan fingerprint density at radius 3 is 3.12 bits per heavy atom. The summed E-state index contributed by atoms with van der Waals surface area (Å²) in [5, 5.41) is 3.09. The summed E-state index contributed by atoms with van der Waals surface area (Å²) in [6.07, 6.45) is 4.29. The Labute approximate surface area is 153 Å². The van der Waals surface area contributed by atoms with E-state index in [9.17, 15) is 4.79 Å². The second-order valence-electron chi connectivity index (χ2n) is 7.03. The van der Waals surface area contributed by atoms with Gasteiger partial charge in [-0.05, 0) is 37.5 Å². The van der Waals surface area contributed by atoms with Gasteiger partial charge in [-0.2, -0.15) is 0 Å². The topological polar surface area (TPSA) is 83.1 Å². The van der Waals surface area contributed by atoms with E-state index in [1.54, 1.807) is 0 Å². The first-order valence-electron chi connectivity index (χ1n) is 9.29. The molecule has 0 unspecified atom stereocenters. The van der Waals surface area contributed by atoms with Gasteiger partial charge in [-0.15, -0.1) is 0 Å². The molecular formula is C19H25N5O2. The number of carbonyl (C=O) groups is 1. The number of carbonyl (C=O) groups excluding carboxylic acids is 1. The quantitative estimate of drug-likeness (QED) is 0.866. The van der Waals surface area contributed by atoms with Crippen molar-refractivity contribution < 1.29 is 9.53 Å². The van der Waals surface area contributed by atoms with Gasteiger partial charge < -0.3 is 19.9 Å². The molecule has 7 heteroatoms. The van der Waals surface area contributed by atoms with Crippen LogP contribution in [0.4, 0.5) is 5.82 Å². The second kappa shape index (κ2) is 7.45. The number of aryl methyl sites for hydroxylation is 2. The standard InChI is InChI=1S/C19H25N5O2/c1-13-22-16-3-2-15(11-17(16)23-13)19(25)21-12-14-4-5-20-18(10-14)24-6-8-26-9-7-24/h4-5,10,15H,2-3,6-9,11-12H2,1H3,(H,21,25)(H,22,23)/t15-/m1/s1. The molecule has 26 heavy (non-hydrogen) atoms. The maximum absolute atomic E-state index is 12.6. The third-order valence-corrected chi connectivity index (χ3v) is 5.15. The summed E-state index contributed by atoms with van der Waals surface area (Å²) < 4.78 is 5.39. The molecule has 1 amide bonds. The van der Waals surface area contributed by atoms with Gasteiger partial charge in [-0.1, -0.05) is 0 Å². The average molecular weight is 355 g/mol. The number of amides is 1. The van der Waals surface area contributed by atoms with E-state index in [4.69, 9.17) is 4.74 Å². The van der Waals surface area contributed by atoms with E-state index in [0.29, 0.717) is 6.54 Å². The van der Waals surface area contributed by atoms with Crippen molar-refractivity contribution in [1.29, 1.82) is 0 Å². The van der Waals surface area contributed by atoms with Crippen molar-refractivity contribution in [2.24, 2.45) is 5.92 Å². The molecule has 4 rings (SSSR count). The highest BCUT2D eigenvalue weighted by Gasteiger charge is 2.26. The summed E-state index contributed by atoms with van der Waals surface area (Å²) >= 11 is 0. The number of nitrogens with one attached hydrogen (secondary N) is 2. The number of hydrogen-bond donors (Lipinski definition) is 2. The van der Waals surface area contributed by atoms with Gasteiger partial charge in [0.05, 0.1) is 18.9 Å². The monoisotopic (exact) mass is 355 g/mol. The Balaban J connectivity index is 1.34. The molecule has 0 aromatic carbocycles. The molecule has 3 heterocycles. The zero-order valence-electron chi connectivity index (χ0n) is 15.1. The fourth-order valence-corrected chi connectivity index (χ4v) is 3.72. The molecular weight excluding hydrogens is 330 g/mol. The van der Waals surface area contributed by atoms with E-state index in [2.05, 4.69) is 31.2 Å². The first kappa shape index (κ1) is 17.0. The number of morpholine rings is 1. The molecule has 0 saturated carbocycles. The van der Waals surface area contributed by atoms with Gasteiger partial charge >= 0.3 is 0 Å². The van der Waals surface area contributed by atoms with Crippen molar-refractivity contribution in [2.75, 3.05) is 31.2 Å². The summed E-state index contributed by atoms with van der Waals surface area (Å²) in [5.41, 5.74) is 3.31. The van der Waals surface area contributed by atoms with Gasteiger partial charge in [0.2, 0.25) is 5.91 Å². The van der Waals surface area contributed by atoms with Gasteiger partial charge in [0, 0.05) is 43.9 Å². The predicted octanol–water partition coefficient (Wildman–Crippen LogP) is 1.37. The number of ether oxygens (including phenoxy) is 1. The van der Waals surface area contributed by atoms with Gasteiger partial charge in [0.15, 0.2) is 0 Å². The lowest BCUT2D eigenvalue weighted by molar-refractivity contribution is -0.125. The van der Waals surface area contributed by atoms with Crippen LogP contribution in [0.5, 0.6) is 0 Å². The Bertz CT molecular complexity index is 782. The van der Waals surface area contributed by atoms with Gasteiger partial charge in [0.1, 0.15) is 11.6 Å². The Kier molecular flexibility index (Phi) is 4.88. The minimum Gasteiger partial charge on any atom is -0.378 e. The molecule has 2 N–H and O–H groups in total. The summed E-state index contributed by atoms with van der Waals surface area (Å²) in [4.78, 5) is 27.0. The maximum atomic E-state index is 12.6. The average Bonchev–Trinajstić information content (AvgIpc) is 3.06. The molecule has 0 bridgehead atoms. The highest BCUT2D eigenvalue weighted by atomic mass is 16.5. The molecule has 1 fully saturated rings. The lowest BCUT2D eigenvalue weighted by atomic mass is 9.89. The minimum absolute atomic E-state index is 0.0166. The molecule has 7 nitrogen and oxygen atoms in total. The SMILES string of the molecule is Cc1nc2c([nH]1)C[C@H](C(=O)NCc1ccnc(N3CCOCC3)c1)CC2. The number of nitrogens with zero attached hydrogens (tertiary/aromatic N) is 3. The molecule has 2 aromatic heterocycles. The molecule has 138 valence electrons. The smallest absolute Gasteiger partial charge is 0.223 e. The van der Waals surface area contributed by atoms with Crippen molar-refractivity contribution >= 4 is 11.7 Å². The van der Waals surface area contributed by atoms with Crippen molar-refractivity contribution in [2.45, 2.75) is 32.7 Å². The Morgan fingerprint density at radius 2 is 2.27 bits per heavy atom. The third-order valence-electron chi connectivity index (χ3n) is 5.15. The van der Waals surface area contributed by atoms with Gasteiger partial charge in [-0.3, -0.25) is 4.79 Å². The number of pyridine rings is 1. The van der Waals surface area contributed by atoms with E-state index in [0.717, 1.165) is 74.2 Å². The number of hydrogen-bond acceptors (Lipinski definition) is 5. The largest absolute Gasteiger partial charge is 0.378 e. The van der Waals surface area contributed by atoms with Crippen molar-refractivity contribution in [1.82, 2.24) is 20.3 Å². The van der Waals surface area contributed by atoms with E-state index in [1.165, 1.54) is 0 Å². The van der Waals surface area contributed by atoms with E-state index in [1.807, 2.05) is 19.2 Å². The second-order valence-corrected chi connectivity index (χ2v) is 7.03. The first-order chi connectivity index (χ1) is 12.7. The fraction of sp³-hybridized carbons (Fsp3) is 0.526. The molecule has 0 spiro atoms.